The summed E-state index contributed by atoms with van der Waals surface area (Å²) in [5.41, 5.74) is 13.5. The van der Waals surface area contributed by atoms with E-state index in [-0.39, 0.29) is 0 Å². The summed E-state index contributed by atoms with van der Waals surface area (Å²) >= 11 is 3.75. The molecule has 0 radical (unpaired) electrons. The van der Waals surface area contributed by atoms with Crippen LogP contribution in [0.1, 0.15) is 38.0 Å². The lowest BCUT2D eigenvalue weighted by Gasteiger charge is -2.28. The molecule has 0 aliphatic carbocycles. The Kier molecular flexibility index (Phi) is 6.53. The molecule has 3 aromatic heterocycles. The van der Waals surface area contributed by atoms with E-state index in [9.17, 15) is 4.79 Å². The highest BCUT2D eigenvalue weighted by molar-refractivity contribution is 9.10. The highest BCUT2D eigenvalue weighted by atomic mass is 79.9. The van der Waals surface area contributed by atoms with Gasteiger partial charge in [0.15, 0.2) is 6.10 Å². The van der Waals surface area contributed by atoms with E-state index in [2.05, 4.69) is 43.1 Å². The Morgan fingerprint density at radius 3 is 2.63 bits per heavy atom. The summed E-state index contributed by atoms with van der Waals surface area (Å²) in [7, 11) is 3.28. The molecule has 8 nitrogen and oxygen atoms in total. The minimum Gasteiger partial charge on any atom is -0.467 e. The summed E-state index contributed by atoms with van der Waals surface area (Å²) in [6, 6.07) is 12.2. The molecule has 1 atom stereocenters. The van der Waals surface area contributed by atoms with Crippen LogP contribution in [-0.4, -0.2) is 38.4 Å². The maximum Gasteiger partial charge on any atom is 0.339 e. The number of benzene rings is 2. The molecule has 0 saturated carbocycles. The van der Waals surface area contributed by atoms with Crippen molar-refractivity contribution in [1.29, 1.82) is 0 Å². The first kappa shape index (κ1) is 25.9. The second-order valence-electron chi connectivity index (χ2n) is 10.3. The van der Waals surface area contributed by atoms with E-state index >= 15 is 0 Å². The van der Waals surface area contributed by atoms with Crippen LogP contribution < -0.4 is 5.73 Å². The van der Waals surface area contributed by atoms with E-state index in [1.165, 1.54) is 7.11 Å². The number of aromatic amines is 1. The first-order chi connectivity index (χ1) is 18.0. The number of aromatic nitrogens is 4. The van der Waals surface area contributed by atoms with Crippen molar-refractivity contribution in [3.63, 3.8) is 0 Å². The number of nitrogens with zero attached hydrogens (tertiary/aromatic N) is 3. The second kappa shape index (κ2) is 9.56. The third-order valence-corrected chi connectivity index (χ3v) is 7.48. The van der Waals surface area contributed by atoms with Gasteiger partial charge in [-0.25, -0.2) is 4.79 Å². The molecule has 0 spiro atoms. The van der Waals surface area contributed by atoms with Crippen LogP contribution in [0.25, 0.3) is 44.3 Å². The zero-order valence-corrected chi connectivity index (χ0v) is 23.8. The molecular weight excluding hydrogens is 546 g/mol. The molecule has 3 heterocycles. The highest BCUT2D eigenvalue weighted by Crippen LogP contribution is 2.43. The molecule has 0 aliphatic heterocycles. The fraction of sp³-hybridized carbons (Fsp3) is 0.276. The number of methoxy groups -OCH3 is 1. The van der Waals surface area contributed by atoms with Crippen LogP contribution in [0.3, 0.4) is 0 Å². The average molecular weight is 576 g/mol. The molecule has 0 amide bonds. The molecule has 0 saturated heterocycles. The molecule has 5 rings (SSSR count). The summed E-state index contributed by atoms with van der Waals surface area (Å²) < 4.78 is 13.8. The predicted octanol–water partition coefficient (Wildman–Crippen LogP) is 6.47. The molecule has 0 fully saturated rings. The summed E-state index contributed by atoms with van der Waals surface area (Å²) in [4.78, 5) is 20.9. The number of aryl methyl sites for hydroxylation is 1. The Labute approximate surface area is 229 Å². The van der Waals surface area contributed by atoms with Crippen LogP contribution in [-0.2, 0) is 21.3 Å². The van der Waals surface area contributed by atoms with Crippen LogP contribution in [0, 0.1) is 6.92 Å². The fourth-order valence-electron chi connectivity index (χ4n) is 4.71. The lowest BCUT2D eigenvalue weighted by molar-refractivity contribution is -0.164. The Morgan fingerprint density at radius 1 is 1.16 bits per heavy atom. The van der Waals surface area contributed by atoms with Crippen molar-refractivity contribution < 1.29 is 14.3 Å². The van der Waals surface area contributed by atoms with Gasteiger partial charge in [0, 0.05) is 50.9 Å². The first-order valence-electron chi connectivity index (χ1n) is 12.2. The smallest absolute Gasteiger partial charge is 0.339 e. The third kappa shape index (κ3) is 4.56. The number of hydrogen-bond donors (Lipinski definition) is 2. The first-order valence-corrected chi connectivity index (χ1v) is 13.0. The second-order valence-corrected chi connectivity index (χ2v) is 11.1. The van der Waals surface area contributed by atoms with Gasteiger partial charge in [0.1, 0.15) is 0 Å². The van der Waals surface area contributed by atoms with Gasteiger partial charge in [-0.1, -0.05) is 6.07 Å². The number of H-pyrrole nitrogens is 1. The van der Waals surface area contributed by atoms with E-state index in [0.29, 0.717) is 11.3 Å². The number of halogens is 1. The number of carbonyl (C=O) groups is 1. The van der Waals surface area contributed by atoms with Gasteiger partial charge in [0.25, 0.3) is 0 Å². The van der Waals surface area contributed by atoms with Crippen LogP contribution in [0.4, 0.5) is 5.69 Å². The average Bonchev–Trinajstić information content (AvgIpc) is 3.50. The van der Waals surface area contributed by atoms with Crippen LogP contribution in [0.5, 0.6) is 0 Å². The number of anilines is 1. The van der Waals surface area contributed by atoms with Crippen LogP contribution >= 0.6 is 15.9 Å². The van der Waals surface area contributed by atoms with E-state index in [4.69, 9.17) is 15.2 Å². The van der Waals surface area contributed by atoms with Crippen molar-refractivity contribution in [3.05, 3.63) is 64.4 Å². The van der Waals surface area contributed by atoms with Gasteiger partial charge in [0.05, 0.1) is 41.3 Å². The minimum atomic E-state index is -0.936. The van der Waals surface area contributed by atoms with Gasteiger partial charge in [0.2, 0.25) is 0 Å². The van der Waals surface area contributed by atoms with Crippen molar-refractivity contribution in [3.8, 4) is 22.5 Å². The van der Waals surface area contributed by atoms with Crippen molar-refractivity contribution in [2.75, 3.05) is 12.8 Å². The zero-order valence-electron chi connectivity index (χ0n) is 22.2. The van der Waals surface area contributed by atoms with E-state index in [1.54, 1.807) is 6.20 Å². The van der Waals surface area contributed by atoms with Crippen molar-refractivity contribution in [2.24, 2.45) is 7.05 Å². The summed E-state index contributed by atoms with van der Waals surface area (Å²) in [6.07, 6.45) is 2.71. The number of rotatable bonds is 5. The van der Waals surface area contributed by atoms with E-state index in [1.807, 2.05) is 69.9 Å². The van der Waals surface area contributed by atoms with Crippen molar-refractivity contribution >= 4 is 49.4 Å². The lowest BCUT2D eigenvalue weighted by Crippen LogP contribution is -2.29. The van der Waals surface area contributed by atoms with Crippen molar-refractivity contribution in [1.82, 2.24) is 19.7 Å². The molecule has 5 aromatic rings. The maximum absolute atomic E-state index is 12.8. The Balaban J connectivity index is 1.61. The summed E-state index contributed by atoms with van der Waals surface area (Å²) in [5, 5.41) is 6.24. The standard InChI is InChI=1S/C29H30BrN5O3/c1-15-23(27(28(36)37-6)38-29(2,3)4)24(30)19-13-21(34-26(19)25(15)31)17-9-10-32-20(12-17)16-7-8-22-18(11-16)14-33-35(22)5/h7-14,27,34H,31H2,1-6H3/t27-/m0/s1. The number of esters is 1. The number of fused-ring (bicyclic) bond motifs is 2. The normalized spacial score (nSPS) is 12.8. The molecule has 0 aliphatic rings. The Morgan fingerprint density at radius 2 is 1.92 bits per heavy atom. The fourth-order valence-corrected chi connectivity index (χ4v) is 5.53. The molecule has 9 heteroatoms. The number of nitrogen functional groups attached to an aromatic ring is 1. The topological polar surface area (TPSA) is 108 Å². The number of pyridine rings is 1. The molecule has 0 unspecified atom stereocenters. The molecule has 38 heavy (non-hydrogen) atoms. The summed E-state index contributed by atoms with van der Waals surface area (Å²) in [5.74, 6) is -0.484. The number of carbonyl (C=O) groups excluding carboxylic acids is 1. The van der Waals surface area contributed by atoms with Crippen LogP contribution in [0.2, 0.25) is 0 Å². The molecule has 2 aromatic carbocycles. The number of nitrogens with one attached hydrogen (secondary N) is 1. The monoisotopic (exact) mass is 575 g/mol. The molecule has 196 valence electrons. The third-order valence-electron chi connectivity index (χ3n) is 6.63. The maximum atomic E-state index is 12.8. The Hall–Kier alpha value is -3.69. The van der Waals surface area contributed by atoms with Crippen molar-refractivity contribution in [2.45, 2.75) is 39.4 Å². The van der Waals surface area contributed by atoms with Gasteiger partial charge in [-0.15, -0.1) is 0 Å². The highest BCUT2D eigenvalue weighted by Gasteiger charge is 2.33. The van der Waals surface area contributed by atoms with E-state index < -0.39 is 17.7 Å². The van der Waals surface area contributed by atoms with Gasteiger partial charge < -0.3 is 20.2 Å². The van der Waals surface area contributed by atoms with Gasteiger partial charge >= 0.3 is 5.97 Å². The van der Waals surface area contributed by atoms with Crippen LogP contribution in [0.15, 0.2) is 53.3 Å². The molecule has 0 bridgehead atoms. The minimum absolute atomic E-state index is 0.484. The predicted molar refractivity (Wildman–Crippen MR) is 154 cm³/mol. The number of hydrogen-bond acceptors (Lipinski definition) is 6. The molecular formula is C29H30BrN5O3. The molecule has 3 N–H and O–H groups in total. The number of nitrogens with two attached hydrogens (primary N) is 1. The lowest BCUT2D eigenvalue weighted by atomic mass is 9.98. The van der Waals surface area contributed by atoms with Gasteiger partial charge in [-0.05, 0) is 79.5 Å². The Bertz CT molecular complexity index is 1700. The summed E-state index contributed by atoms with van der Waals surface area (Å²) in [6.45, 7) is 7.58. The van der Waals surface area contributed by atoms with Gasteiger partial charge in [-0.2, -0.15) is 5.10 Å². The zero-order chi connectivity index (χ0) is 27.4. The largest absolute Gasteiger partial charge is 0.467 e. The SMILES string of the molecule is COC(=O)[C@@H](OC(C)(C)C)c1c(C)c(N)c2[nH]c(-c3ccnc(-c4ccc5c(cnn5C)c4)c3)cc2c1Br. The van der Waals surface area contributed by atoms with E-state index in [0.717, 1.165) is 54.4 Å². The quantitative estimate of drug-likeness (QED) is 0.184. The number of ether oxygens (including phenoxy) is 2. The van der Waals surface area contributed by atoms with Gasteiger partial charge in [-0.3, -0.25) is 9.67 Å².